The van der Waals surface area contributed by atoms with E-state index in [-0.39, 0.29) is 6.04 Å². The third kappa shape index (κ3) is 2.53. The summed E-state index contributed by atoms with van der Waals surface area (Å²) in [6, 6.07) is 12.4. The summed E-state index contributed by atoms with van der Waals surface area (Å²) in [7, 11) is 0. The van der Waals surface area contributed by atoms with E-state index in [1.54, 1.807) is 0 Å². The van der Waals surface area contributed by atoms with Crippen molar-refractivity contribution in [1.82, 2.24) is 4.90 Å². The second-order valence-corrected chi connectivity index (χ2v) is 4.82. The largest absolute Gasteiger partial charge is 0.283 e. The molecule has 1 saturated heterocycles. The predicted octanol–water partition coefficient (Wildman–Crippen LogP) is 2.30. The van der Waals surface area contributed by atoms with E-state index in [0.29, 0.717) is 0 Å². The van der Waals surface area contributed by atoms with E-state index < -0.39 is 0 Å². The van der Waals surface area contributed by atoms with Gasteiger partial charge in [0.25, 0.3) is 0 Å². The zero-order chi connectivity index (χ0) is 10.5. The average molecular weight is 218 g/mol. The van der Waals surface area contributed by atoms with Crippen molar-refractivity contribution in [2.75, 3.05) is 24.6 Å². The van der Waals surface area contributed by atoms with Crippen molar-refractivity contribution in [2.24, 2.45) is 0 Å². The van der Waals surface area contributed by atoms with Crippen LogP contribution >= 0.6 is 11.8 Å². The monoisotopic (exact) mass is 218 g/mol. The maximum Gasteiger partial charge on any atom is 0.123 e. The lowest BCUT2D eigenvalue weighted by atomic mass is 10.1. The Labute approximate surface area is 94.9 Å². The highest BCUT2D eigenvalue weighted by Gasteiger charge is 2.21. The normalized spacial score (nSPS) is 19.4. The Bertz CT molecular complexity index is 338. The molecule has 1 heterocycles. The number of hydrogen-bond donors (Lipinski definition) is 0. The second kappa shape index (κ2) is 5.20. The third-order valence-corrected chi connectivity index (χ3v) is 3.59. The highest BCUT2D eigenvalue weighted by molar-refractivity contribution is 7.99. The molecule has 1 aromatic rings. The van der Waals surface area contributed by atoms with Gasteiger partial charge in [0.2, 0.25) is 0 Å². The lowest BCUT2D eigenvalue weighted by molar-refractivity contribution is 0.261. The molecule has 15 heavy (non-hydrogen) atoms. The second-order valence-electron chi connectivity index (χ2n) is 3.59. The molecule has 0 radical (unpaired) electrons. The molecule has 3 heteroatoms. The first-order valence-electron chi connectivity index (χ1n) is 5.18. The number of nitrogens with zero attached hydrogens (tertiary/aromatic N) is 2. The fraction of sp³-hybridized carbons (Fsp3) is 0.417. The van der Waals surface area contributed by atoms with Crippen LogP contribution in [0.15, 0.2) is 30.3 Å². The Morgan fingerprint density at radius 2 is 1.87 bits per heavy atom. The minimum atomic E-state index is -0.0629. The smallest absolute Gasteiger partial charge is 0.123 e. The molecule has 1 atom stereocenters. The van der Waals surface area contributed by atoms with E-state index >= 15 is 0 Å². The van der Waals surface area contributed by atoms with Crippen molar-refractivity contribution >= 4 is 11.8 Å². The van der Waals surface area contributed by atoms with Gasteiger partial charge in [0.1, 0.15) is 6.04 Å². The van der Waals surface area contributed by atoms with Gasteiger partial charge in [-0.25, -0.2) is 0 Å². The lowest BCUT2D eigenvalue weighted by Gasteiger charge is -2.30. The van der Waals surface area contributed by atoms with Crippen LogP contribution in [0.25, 0.3) is 0 Å². The van der Waals surface area contributed by atoms with Crippen LogP contribution in [-0.2, 0) is 0 Å². The summed E-state index contributed by atoms with van der Waals surface area (Å²) < 4.78 is 0. The fourth-order valence-corrected chi connectivity index (χ4v) is 2.77. The Balaban J connectivity index is 2.14. The van der Waals surface area contributed by atoms with Crippen molar-refractivity contribution in [1.29, 1.82) is 5.26 Å². The molecule has 0 saturated carbocycles. The van der Waals surface area contributed by atoms with Crippen molar-refractivity contribution in [3.63, 3.8) is 0 Å². The van der Waals surface area contributed by atoms with E-state index in [1.807, 2.05) is 42.1 Å². The first-order valence-corrected chi connectivity index (χ1v) is 6.33. The summed E-state index contributed by atoms with van der Waals surface area (Å²) in [6.07, 6.45) is 0. The minimum absolute atomic E-state index is 0.0629. The predicted molar refractivity (Wildman–Crippen MR) is 63.7 cm³/mol. The summed E-state index contributed by atoms with van der Waals surface area (Å²) in [5.41, 5.74) is 1.12. The standard InChI is InChI=1S/C12H14N2S/c13-10-12(11-4-2-1-3-5-11)14-6-8-15-9-7-14/h1-5,12H,6-9H2/t12-/m1/s1. The molecule has 0 aromatic heterocycles. The van der Waals surface area contributed by atoms with Crippen molar-refractivity contribution in [2.45, 2.75) is 6.04 Å². The molecule has 0 bridgehead atoms. The van der Waals surface area contributed by atoms with Gasteiger partial charge in [-0.3, -0.25) is 4.90 Å². The van der Waals surface area contributed by atoms with Crippen LogP contribution in [0.1, 0.15) is 11.6 Å². The Hall–Kier alpha value is -0.980. The molecule has 1 aromatic carbocycles. The van der Waals surface area contributed by atoms with Crippen LogP contribution in [0, 0.1) is 11.3 Å². The van der Waals surface area contributed by atoms with Crippen molar-refractivity contribution < 1.29 is 0 Å². The summed E-state index contributed by atoms with van der Waals surface area (Å²) in [5, 5.41) is 9.23. The van der Waals surface area contributed by atoms with Gasteiger partial charge in [0.05, 0.1) is 6.07 Å². The van der Waals surface area contributed by atoms with Crippen LogP contribution in [0.3, 0.4) is 0 Å². The van der Waals surface area contributed by atoms with Gasteiger partial charge in [-0.15, -0.1) is 0 Å². The van der Waals surface area contributed by atoms with Gasteiger partial charge < -0.3 is 0 Å². The Kier molecular flexibility index (Phi) is 3.65. The summed E-state index contributed by atoms with van der Waals surface area (Å²) in [4.78, 5) is 2.27. The first-order chi connectivity index (χ1) is 7.42. The van der Waals surface area contributed by atoms with Gasteiger partial charge >= 0.3 is 0 Å². The molecular weight excluding hydrogens is 204 g/mol. The fourth-order valence-electron chi connectivity index (χ4n) is 1.84. The zero-order valence-corrected chi connectivity index (χ0v) is 9.41. The lowest BCUT2D eigenvalue weighted by Crippen LogP contribution is -2.35. The highest BCUT2D eigenvalue weighted by Crippen LogP contribution is 2.23. The van der Waals surface area contributed by atoms with Crippen LogP contribution in [-0.4, -0.2) is 29.5 Å². The molecule has 0 amide bonds. The Morgan fingerprint density at radius 3 is 2.47 bits per heavy atom. The molecule has 0 aliphatic carbocycles. The van der Waals surface area contributed by atoms with Crippen LogP contribution < -0.4 is 0 Å². The molecule has 2 rings (SSSR count). The molecule has 2 nitrogen and oxygen atoms in total. The van der Waals surface area contributed by atoms with Gasteiger partial charge in [0.15, 0.2) is 0 Å². The Morgan fingerprint density at radius 1 is 1.20 bits per heavy atom. The number of hydrogen-bond acceptors (Lipinski definition) is 3. The van der Waals surface area contributed by atoms with Gasteiger partial charge in [-0.1, -0.05) is 30.3 Å². The quantitative estimate of drug-likeness (QED) is 0.762. The van der Waals surface area contributed by atoms with Crippen LogP contribution in [0.5, 0.6) is 0 Å². The number of benzene rings is 1. The van der Waals surface area contributed by atoms with Gasteiger partial charge in [0, 0.05) is 24.6 Å². The summed E-state index contributed by atoms with van der Waals surface area (Å²) >= 11 is 1.97. The molecule has 0 N–H and O–H groups in total. The summed E-state index contributed by atoms with van der Waals surface area (Å²) in [6.45, 7) is 2.05. The van der Waals surface area contributed by atoms with Crippen LogP contribution in [0.4, 0.5) is 0 Å². The molecule has 0 spiro atoms. The number of rotatable bonds is 2. The summed E-state index contributed by atoms with van der Waals surface area (Å²) in [5.74, 6) is 2.29. The van der Waals surface area contributed by atoms with Gasteiger partial charge in [-0.05, 0) is 5.56 Å². The van der Waals surface area contributed by atoms with Crippen molar-refractivity contribution in [3.8, 4) is 6.07 Å². The first kappa shape index (κ1) is 10.5. The number of nitriles is 1. The molecule has 1 fully saturated rings. The maximum atomic E-state index is 9.23. The zero-order valence-electron chi connectivity index (χ0n) is 8.60. The number of thioether (sulfide) groups is 1. The molecule has 0 unspecified atom stereocenters. The average Bonchev–Trinajstić information content (AvgIpc) is 2.33. The molecule has 1 aliphatic rings. The van der Waals surface area contributed by atoms with E-state index in [9.17, 15) is 5.26 Å². The molecule has 78 valence electrons. The van der Waals surface area contributed by atoms with E-state index in [4.69, 9.17) is 0 Å². The van der Waals surface area contributed by atoms with Crippen LogP contribution in [0.2, 0.25) is 0 Å². The van der Waals surface area contributed by atoms with E-state index in [2.05, 4.69) is 11.0 Å². The van der Waals surface area contributed by atoms with E-state index in [0.717, 1.165) is 30.2 Å². The minimum Gasteiger partial charge on any atom is -0.283 e. The third-order valence-electron chi connectivity index (χ3n) is 2.65. The van der Waals surface area contributed by atoms with Crippen molar-refractivity contribution in [3.05, 3.63) is 35.9 Å². The van der Waals surface area contributed by atoms with E-state index in [1.165, 1.54) is 0 Å². The SMILES string of the molecule is N#C[C@H](c1ccccc1)N1CCSCC1. The molecular formula is C12H14N2S. The topological polar surface area (TPSA) is 27.0 Å². The molecule has 1 aliphatic heterocycles. The van der Waals surface area contributed by atoms with Gasteiger partial charge in [-0.2, -0.15) is 17.0 Å². The maximum absolute atomic E-state index is 9.23. The highest BCUT2D eigenvalue weighted by atomic mass is 32.2.